The van der Waals surface area contributed by atoms with Gasteiger partial charge in [-0.05, 0) is 12.5 Å². The number of aryl methyl sites for hydroxylation is 1. The fourth-order valence-electron chi connectivity index (χ4n) is 1.99. The largest absolute Gasteiger partial charge is 0.351 e. The number of nitrogens with one attached hydrogen (secondary N) is 1. The Hall–Kier alpha value is -1.95. The van der Waals surface area contributed by atoms with Crippen molar-refractivity contribution in [3.05, 3.63) is 36.3 Å². The molecule has 2 aromatic heterocycles. The fourth-order valence-corrected chi connectivity index (χ4v) is 1.99. The first-order valence-electron chi connectivity index (χ1n) is 7.25. The van der Waals surface area contributed by atoms with E-state index in [0.29, 0.717) is 12.5 Å². The number of aromatic nitrogens is 4. The van der Waals surface area contributed by atoms with Gasteiger partial charge in [-0.1, -0.05) is 13.8 Å². The van der Waals surface area contributed by atoms with E-state index in [1.54, 1.807) is 12.4 Å². The summed E-state index contributed by atoms with van der Waals surface area (Å²) in [4.78, 5) is 15.3. The van der Waals surface area contributed by atoms with Crippen molar-refractivity contribution >= 4 is 5.82 Å². The van der Waals surface area contributed by atoms with E-state index in [-0.39, 0.29) is 0 Å². The lowest BCUT2D eigenvalue weighted by Gasteiger charge is -2.18. The van der Waals surface area contributed by atoms with Gasteiger partial charge in [0.05, 0.1) is 18.4 Å². The normalized spacial score (nSPS) is 11.1. The quantitative estimate of drug-likeness (QED) is 0.838. The summed E-state index contributed by atoms with van der Waals surface area (Å²) in [6.45, 7) is 6.82. The Bertz CT molecular complexity index is 563. The molecule has 6 heteroatoms. The van der Waals surface area contributed by atoms with Gasteiger partial charge >= 0.3 is 0 Å². The van der Waals surface area contributed by atoms with Crippen molar-refractivity contribution in [3.63, 3.8) is 0 Å². The first kappa shape index (κ1) is 15.4. The minimum atomic E-state index is 0.632. The summed E-state index contributed by atoms with van der Waals surface area (Å²) in [5.41, 5.74) is 0.958. The van der Waals surface area contributed by atoms with E-state index in [1.165, 1.54) is 0 Å². The van der Waals surface area contributed by atoms with Gasteiger partial charge in [0.2, 0.25) is 0 Å². The highest BCUT2D eigenvalue weighted by Gasteiger charge is 2.08. The van der Waals surface area contributed by atoms with Crippen molar-refractivity contribution < 1.29 is 0 Å². The van der Waals surface area contributed by atoms with Crippen LogP contribution >= 0.6 is 0 Å². The van der Waals surface area contributed by atoms with Crippen LogP contribution < -0.4 is 10.2 Å². The van der Waals surface area contributed by atoms with Crippen LogP contribution in [0.3, 0.4) is 0 Å². The van der Waals surface area contributed by atoms with Crippen molar-refractivity contribution in [2.45, 2.75) is 26.9 Å². The minimum Gasteiger partial charge on any atom is -0.351 e. The molecule has 0 aromatic carbocycles. The molecule has 2 aromatic rings. The van der Waals surface area contributed by atoms with Gasteiger partial charge in [-0.15, -0.1) is 0 Å². The molecule has 21 heavy (non-hydrogen) atoms. The van der Waals surface area contributed by atoms with Crippen molar-refractivity contribution in [3.8, 4) is 0 Å². The topological polar surface area (TPSA) is 58.9 Å². The molecule has 0 saturated heterocycles. The van der Waals surface area contributed by atoms with Gasteiger partial charge in [0.25, 0.3) is 0 Å². The first-order chi connectivity index (χ1) is 10.1. The van der Waals surface area contributed by atoms with E-state index in [9.17, 15) is 0 Å². The molecule has 114 valence electrons. The maximum Gasteiger partial charge on any atom is 0.147 e. The van der Waals surface area contributed by atoms with Gasteiger partial charge in [0.1, 0.15) is 11.6 Å². The van der Waals surface area contributed by atoms with Crippen molar-refractivity contribution in [1.29, 1.82) is 0 Å². The van der Waals surface area contributed by atoms with Gasteiger partial charge in [-0.2, -0.15) is 0 Å². The van der Waals surface area contributed by atoms with Crippen LogP contribution in [0.5, 0.6) is 0 Å². The Balaban J connectivity index is 1.97. The van der Waals surface area contributed by atoms with E-state index in [4.69, 9.17) is 0 Å². The zero-order valence-corrected chi connectivity index (χ0v) is 13.2. The van der Waals surface area contributed by atoms with Gasteiger partial charge < -0.3 is 14.8 Å². The molecule has 0 saturated carbocycles. The summed E-state index contributed by atoms with van der Waals surface area (Å²) in [6.07, 6.45) is 7.35. The Kier molecular flexibility index (Phi) is 5.27. The molecule has 0 radical (unpaired) electrons. The third-order valence-corrected chi connectivity index (χ3v) is 3.22. The summed E-state index contributed by atoms with van der Waals surface area (Å²) in [6, 6.07) is 0. The fraction of sp³-hybridized carbons (Fsp3) is 0.533. The third-order valence-electron chi connectivity index (χ3n) is 3.22. The Labute approximate surface area is 126 Å². The molecule has 0 aliphatic carbocycles. The molecule has 2 heterocycles. The summed E-state index contributed by atoms with van der Waals surface area (Å²) in [7, 11) is 4.00. The monoisotopic (exact) mass is 288 g/mol. The van der Waals surface area contributed by atoms with E-state index in [0.717, 1.165) is 30.4 Å². The minimum absolute atomic E-state index is 0.632. The molecule has 0 atom stereocenters. The second-order valence-electron chi connectivity index (χ2n) is 5.70. The molecule has 0 fully saturated rings. The summed E-state index contributed by atoms with van der Waals surface area (Å²) < 4.78 is 2.01. The molecular weight excluding hydrogens is 264 g/mol. The Morgan fingerprint density at radius 1 is 1.33 bits per heavy atom. The van der Waals surface area contributed by atoms with Gasteiger partial charge in [0, 0.05) is 39.2 Å². The van der Waals surface area contributed by atoms with E-state index in [2.05, 4.69) is 39.0 Å². The summed E-state index contributed by atoms with van der Waals surface area (Å²) in [5, 5.41) is 3.38. The van der Waals surface area contributed by atoms with E-state index in [1.807, 2.05) is 31.1 Å². The molecule has 0 amide bonds. The average Bonchev–Trinajstić information content (AvgIpc) is 2.84. The third kappa shape index (κ3) is 4.53. The standard InChI is InChI=1S/C15H24N6/c1-12(2)7-16-8-13-9-17-10-14(19-13)21(4)11-15-18-5-6-20(15)3/h5-6,9-10,12,16H,7-8,11H2,1-4H3. The highest BCUT2D eigenvalue weighted by molar-refractivity contribution is 5.35. The molecule has 0 spiro atoms. The number of nitrogens with zero attached hydrogens (tertiary/aromatic N) is 5. The predicted octanol–water partition coefficient (Wildman–Crippen LogP) is 1.59. The molecular formula is C15H24N6. The van der Waals surface area contributed by atoms with Gasteiger partial charge in [-0.3, -0.25) is 4.98 Å². The van der Waals surface area contributed by atoms with Crippen molar-refractivity contribution in [2.75, 3.05) is 18.5 Å². The van der Waals surface area contributed by atoms with Crippen LogP contribution in [0.1, 0.15) is 25.4 Å². The highest BCUT2D eigenvalue weighted by atomic mass is 15.2. The Morgan fingerprint density at radius 3 is 2.81 bits per heavy atom. The molecule has 0 unspecified atom stereocenters. The van der Waals surface area contributed by atoms with Crippen LogP contribution in [0.4, 0.5) is 5.82 Å². The summed E-state index contributed by atoms with van der Waals surface area (Å²) >= 11 is 0. The lowest BCUT2D eigenvalue weighted by Crippen LogP contribution is -2.23. The van der Waals surface area contributed by atoms with Crippen LogP contribution in [0, 0.1) is 5.92 Å². The van der Waals surface area contributed by atoms with Crippen molar-refractivity contribution in [2.24, 2.45) is 13.0 Å². The zero-order valence-electron chi connectivity index (χ0n) is 13.2. The van der Waals surface area contributed by atoms with Crippen molar-refractivity contribution in [1.82, 2.24) is 24.8 Å². The molecule has 6 nitrogen and oxygen atoms in total. The SMILES string of the molecule is CC(C)CNCc1cncc(N(C)Cc2nccn2C)n1. The Morgan fingerprint density at radius 2 is 2.14 bits per heavy atom. The van der Waals surface area contributed by atoms with E-state index >= 15 is 0 Å². The van der Waals surface area contributed by atoms with Crippen LogP contribution in [-0.2, 0) is 20.1 Å². The molecule has 2 rings (SSSR count). The van der Waals surface area contributed by atoms with Crippen LogP contribution in [-0.4, -0.2) is 33.1 Å². The van der Waals surface area contributed by atoms with Crippen LogP contribution in [0.15, 0.2) is 24.8 Å². The maximum atomic E-state index is 4.64. The number of imidazole rings is 1. The van der Waals surface area contributed by atoms with E-state index < -0.39 is 0 Å². The lowest BCUT2D eigenvalue weighted by atomic mass is 10.2. The molecule has 0 aliphatic heterocycles. The number of anilines is 1. The second-order valence-corrected chi connectivity index (χ2v) is 5.70. The smallest absolute Gasteiger partial charge is 0.147 e. The average molecular weight is 288 g/mol. The van der Waals surface area contributed by atoms with Crippen LogP contribution in [0.2, 0.25) is 0 Å². The second kappa shape index (κ2) is 7.17. The van der Waals surface area contributed by atoms with Gasteiger partial charge in [0.15, 0.2) is 0 Å². The predicted molar refractivity (Wildman–Crippen MR) is 83.9 cm³/mol. The maximum absolute atomic E-state index is 4.64. The van der Waals surface area contributed by atoms with Crippen LogP contribution in [0.25, 0.3) is 0 Å². The number of rotatable bonds is 7. The lowest BCUT2D eigenvalue weighted by molar-refractivity contribution is 0.547. The molecule has 0 bridgehead atoms. The number of hydrogen-bond donors (Lipinski definition) is 1. The zero-order chi connectivity index (χ0) is 15.2. The first-order valence-corrected chi connectivity index (χ1v) is 7.25. The van der Waals surface area contributed by atoms with Gasteiger partial charge in [-0.25, -0.2) is 9.97 Å². The molecule has 1 N–H and O–H groups in total. The summed E-state index contributed by atoms with van der Waals surface area (Å²) in [5.74, 6) is 2.50. The highest BCUT2D eigenvalue weighted by Crippen LogP contribution is 2.11. The molecule has 0 aliphatic rings. The number of hydrogen-bond acceptors (Lipinski definition) is 5.